The van der Waals surface area contributed by atoms with Crippen LogP contribution in [-0.4, -0.2) is 48.2 Å². The Morgan fingerprint density at radius 2 is 2.15 bits per heavy atom. The fourth-order valence-electron chi connectivity index (χ4n) is 3.22. The molecule has 6 heteroatoms. The molecule has 2 rings (SSSR count). The minimum Gasteiger partial charge on any atom is -0.473 e. The maximum atomic E-state index is 11.7. The number of likely N-dealkylation sites (tertiary alicyclic amines) is 1. The second-order valence-electron chi connectivity index (χ2n) is 7.17. The van der Waals surface area contributed by atoms with Gasteiger partial charge in [-0.05, 0) is 57.0 Å². The fourth-order valence-corrected chi connectivity index (χ4v) is 3.22. The van der Waals surface area contributed by atoms with Gasteiger partial charge < -0.3 is 15.4 Å². The number of urea groups is 1. The first-order valence-electron chi connectivity index (χ1n) is 10.2. The molecule has 1 saturated heterocycles. The van der Waals surface area contributed by atoms with Gasteiger partial charge in [0.15, 0.2) is 0 Å². The standard InChI is InChI=1S/C21H34N4O2/c1-3-9-18(2)24-21(26)23-11-5-8-15-27-20-16-19(10-12-22-20)17-25-13-6-4-7-14-25/h5,8,10,12,16,18H,3-4,6-7,9,11,13-15,17H2,1-2H3,(H2,23,24,26). The molecule has 1 fully saturated rings. The summed E-state index contributed by atoms with van der Waals surface area (Å²) in [6.45, 7) is 8.37. The number of nitrogens with one attached hydrogen (secondary N) is 2. The van der Waals surface area contributed by atoms with Crippen molar-refractivity contribution in [3.8, 4) is 5.88 Å². The Morgan fingerprint density at radius 1 is 1.33 bits per heavy atom. The van der Waals surface area contributed by atoms with Crippen molar-refractivity contribution in [2.45, 2.75) is 58.5 Å². The number of hydrogen-bond acceptors (Lipinski definition) is 4. The molecule has 0 radical (unpaired) electrons. The van der Waals surface area contributed by atoms with Gasteiger partial charge in [0.2, 0.25) is 5.88 Å². The van der Waals surface area contributed by atoms with Crippen LogP contribution in [0.1, 0.15) is 51.5 Å². The molecule has 1 aromatic heterocycles. The van der Waals surface area contributed by atoms with E-state index in [2.05, 4.69) is 33.5 Å². The molecule has 2 heterocycles. The lowest BCUT2D eigenvalue weighted by Crippen LogP contribution is -2.40. The number of pyridine rings is 1. The second kappa shape index (κ2) is 12.3. The molecule has 0 bridgehead atoms. The quantitative estimate of drug-likeness (QED) is 0.615. The maximum absolute atomic E-state index is 11.7. The highest BCUT2D eigenvalue weighted by molar-refractivity contribution is 5.74. The maximum Gasteiger partial charge on any atom is 0.315 e. The zero-order valence-electron chi connectivity index (χ0n) is 16.7. The average molecular weight is 375 g/mol. The van der Waals surface area contributed by atoms with Crippen LogP contribution in [0, 0.1) is 0 Å². The summed E-state index contributed by atoms with van der Waals surface area (Å²) in [5.74, 6) is 0.647. The van der Waals surface area contributed by atoms with Crippen LogP contribution in [0.25, 0.3) is 0 Å². The van der Waals surface area contributed by atoms with E-state index < -0.39 is 0 Å². The largest absolute Gasteiger partial charge is 0.473 e. The van der Waals surface area contributed by atoms with E-state index in [1.54, 1.807) is 0 Å². The molecule has 1 aromatic rings. The number of carbonyl (C=O) groups excluding carboxylic acids is 1. The number of piperidine rings is 1. The zero-order valence-corrected chi connectivity index (χ0v) is 16.7. The number of amides is 2. The van der Waals surface area contributed by atoms with E-state index in [0.29, 0.717) is 19.0 Å². The Labute approximate surface area is 163 Å². The van der Waals surface area contributed by atoms with E-state index in [9.17, 15) is 4.79 Å². The summed E-state index contributed by atoms with van der Waals surface area (Å²) in [6, 6.07) is 4.14. The van der Waals surface area contributed by atoms with E-state index in [4.69, 9.17) is 4.74 Å². The smallest absolute Gasteiger partial charge is 0.315 e. The van der Waals surface area contributed by atoms with Gasteiger partial charge in [-0.2, -0.15) is 0 Å². The summed E-state index contributed by atoms with van der Waals surface area (Å²) in [7, 11) is 0. The number of hydrogen-bond donors (Lipinski definition) is 2. The van der Waals surface area contributed by atoms with E-state index in [1.165, 1.54) is 37.9 Å². The Hall–Kier alpha value is -2.08. The molecule has 0 spiro atoms. The third-order valence-electron chi connectivity index (χ3n) is 4.63. The molecule has 1 aliphatic rings. The minimum absolute atomic E-state index is 0.131. The molecule has 2 N–H and O–H groups in total. The topological polar surface area (TPSA) is 66.5 Å². The van der Waals surface area contributed by atoms with Crippen molar-refractivity contribution in [1.82, 2.24) is 20.5 Å². The lowest BCUT2D eigenvalue weighted by Gasteiger charge is -2.26. The number of nitrogens with zero attached hydrogens (tertiary/aromatic N) is 2. The Morgan fingerprint density at radius 3 is 2.93 bits per heavy atom. The predicted molar refractivity (Wildman–Crippen MR) is 109 cm³/mol. The highest BCUT2D eigenvalue weighted by Gasteiger charge is 2.10. The summed E-state index contributed by atoms with van der Waals surface area (Å²) < 4.78 is 5.69. The van der Waals surface area contributed by atoms with Crippen LogP contribution in [0.2, 0.25) is 0 Å². The third-order valence-corrected chi connectivity index (χ3v) is 4.63. The molecule has 1 aliphatic heterocycles. The van der Waals surface area contributed by atoms with Gasteiger partial charge in [0.25, 0.3) is 0 Å². The first-order valence-corrected chi connectivity index (χ1v) is 10.2. The summed E-state index contributed by atoms with van der Waals surface area (Å²) in [6.07, 6.45) is 11.6. The van der Waals surface area contributed by atoms with Crippen LogP contribution in [-0.2, 0) is 6.54 Å². The van der Waals surface area contributed by atoms with Crippen LogP contribution in [0.3, 0.4) is 0 Å². The fraction of sp³-hybridized carbons (Fsp3) is 0.619. The summed E-state index contributed by atoms with van der Waals surface area (Å²) in [5, 5.41) is 5.72. The Kier molecular flexibility index (Phi) is 9.69. The highest BCUT2D eigenvalue weighted by Crippen LogP contribution is 2.15. The van der Waals surface area contributed by atoms with Crippen molar-refractivity contribution in [2.75, 3.05) is 26.2 Å². The number of rotatable bonds is 10. The van der Waals surface area contributed by atoms with Gasteiger partial charge in [0.1, 0.15) is 6.61 Å². The van der Waals surface area contributed by atoms with Crippen molar-refractivity contribution in [2.24, 2.45) is 0 Å². The van der Waals surface area contributed by atoms with Crippen LogP contribution in [0.4, 0.5) is 4.79 Å². The first kappa shape index (κ1) is 21.2. The van der Waals surface area contributed by atoms with Crippen molar-refractivity contribution in [3.05, 3.63) is 36.0 Å². The van der Waals surface area contributed by atoms with Gasteiger partial charge >= 0.3 is 6.03 Å². The highest BCUT2D eigenvalue weighted by atomic mass is 16.5. The van der Waals surface area contributed by atoms with Crippen molar-refractivity contribution < 1.29 is 9.53 Å². The van der Waals surface area contributed by atoms with Gasteiger partial charge in [-0.1, -0.05) is 25.8 Å². The van der Waals surface area contributed by atoms with Gasteiger partial charge in [-0.25, -0.2) is 9.78 Å². The van der Waals surface area contributed by atoms with Crippen LogP contribution in [0.15, 0.2) is 30.5 Å². The summed E-state index contributed by atoms with van der Waals surface area (Å²) in [5.41, 5.74) is 1.24. The van der Waals surface area contributed by atoms with E-state index in [0.717, 1.165) is 19.4 Å². The normalized spacial score (nSPS) is 16.2. The Bertz CT molecular complexity index is 585. The average Bonchev–Trinajstić information content (AvgIpc) is 2.66. The number of aromatic nitrogens is 1. The molecule has 0 saturated carbocycles. The lowest BCUT2D eigenvalue weighted by molar-refractivity contribution is 0.220. The Balaban J connectivity index is 1.64. The van der Waals surface area contributed by atoms with Gasteiger partial charge in [-0.3, -0.25) is 4.90 Å². The first-order chi connectivity index (χ1) is 13.2. The molecule has 27 heavy (non-hydrogen) atoms. The second-order valence-corrected chi connectivity index (χ2v) is 7.17. The van der Waals surface area contributed by atoms with E-state index in [-0.39, 0.29) is 12.1 Å². The molecule has 6 nitrogen and oxygen atoms in total. The third kappa shape index (κ3) is 8.91. The van der Waals surface area contributed by atoms with Crippen molar-refractivity contribution in [3.63, 3.8) is 0 Å². The monoisotopic (exact) mass is 374 g/mol. The van der Waals surface area contributed by atoms with Crippen molar-refractivity contribution in [1.29, 1.82) is 0 Å². The number of ether oxygens (including phenoxy) is 1. The van der Waals surface area contributed by atoms with Gasteiger partial charge in [0.05, 0.1) is 0 Å². The molecule has 150 valence electrons. The molecular weight excluding hydrogens is 340 g/mol. The number of carbonyl (C=O) groups is 1. The minimum atomic E-state index is -0.131. The molecule has 0 aliphatic carbocycles. The molecule has 0 aromatic carbocycles. The lowest BCUT2D eigenvalue weighted by atomic mass is 10.1. The molecule has 1 atom stereocenters. The SMILES string of the molecule is CCCC(C)NC(=O)NCC=CCOc1cc(CN2CCCCC2)ccn1. The van der Waals surface area contributed by atoms with Crippen LogP contribution in [0.5, 0.6) is 5.88 Å². The summed E-state index contributed by atoms with van der Waals surface area (Å²) in [4.78, 5) is 18.4. The van der Waals surface area contributed by atoms with E-state index in [1.807, 2.05) is 31.3 Å². The zero-order chi connectivity index (χ0) is 19.3. The van der Waals surface area contributed by atoms with Crippen molar-refractivity contribution >= 4 is 6.03 Å². The van der Waals surface area contributed by atoms with Crippen LogP contribution < -0.4 is 15.4 Å². The van der Waals surface area contributed by atoms with E-state index >= 15 is 0 Å². The van der Waals surface area contributed by atoms with Gasteiger partial charge in [0, 0.05) is 31.4 Å². The summed E-state index contributed by atoms with van der Waals surface area (Å²) >= 11 is 0. The predicted octanol–water partition coefficient (Wildman–Crippen LogP) is 3.49. The molecule has 2 amide bonds. The molecule has 1 unspecified atom stereocenters. The van der Waals surface area contributed by atoms with Gasteiger partial charge in [-0.15, -0.1) is 0 Å². The molecular formula is C21H34N4O2. The van der Waals surface area contributed by atoms with Crippen LogP contribution >= 0.6 is 0 Å².